The average Bonchev–Trinajstić information content (AvgIpc) is 3.75. The van der Waals surface area contributed by atoms with Gasteiger partial charge in [-0.05, 0) is 80.0 Å². The average molecular weight is 1040 g/mol. The number of hydrogen-bond acceptors (Lipinski definition) is 20. The summed E-state index contributed by atoms with van der Waals surface area (Å²) in [5, 5.41) is 0. The Balaban J connectivity index is 1.25. The number of hydrogen-bond donors (Lipinski definition) is 0. The Morgan fingerprint density at radius 1 is 0.603 bits per heavy atom. The van der Waals surface area contributed by atoms with Crippen molar-refractivity contribution in [2.45, 2.75) is 220 Å². The monoisotopic (exact) mass is 1040 g/mol. The van der Waals surface area contributed by atoms with Crippen molar-refractivity contribution < 1.29 is 95.1 Å². The summed E-state index contributed by atoms with van der Waals surface area (Å²) < 4.78 is 78.6. The van der Waals surface area contributed by atoms with E-state index in [0.717, 1.165) is 6.42 Å². The zero-order valence-electron chi connectivity index (χ0n) is 45.3. The molecule has 0 aromatic rings. The lowest BCUT2D eigenvalue weighted by atomic mass is 9.41. The highest BCUT2D eigenvalue weighted by Crippen LogP contribution is 2.71. The zero-order valence-corrected chi connectivity index (χ0v) is 45.3. The van der Waals surface area contributed by atoms with Crippen molar-refractivity contribution in [1.82, 2.24) is 0 Å². The zero-order chi connectivity index (χ0) is 53.9. The normalized spacial score (nSPS) is 39.6. The van der Waals surface area contributed by atoms with Gasteiger partial charge in [0.2, 0.25) is 0 Å². The van der Waals surface area contributed by atoms with Gasteiger partial charge >= 0.3 is 41.8 Å². The molecule has 2 aliphatic heterocycles. The van der Waals surface area contributed by atoms with Gasteiger partial charge < -0.3 is 61.6 Å². The summed E-state index contributed by atoms with van der Waals surface area (Å²) in [6.45, 7) is 19.7. The van der Waals surface area contributed by atoms with Crippen LogP contribution in [0.1, 0.15) is 141 Å². The van der Waals surface area contributed by atoms with E-state index in [1.807, 2.05) is 13.8 Å². The Bertz CT molecular complexity index is 1990. The van der Waals surface area contributed by atoms with Crippen molar-refractivity contribution in [3.63, 3.8) is 0 Å². The first-order chi connectivity index (χ1) is 34.3. The first-order valence-corrected chi connectivity index (χ1v) is 26.1. The van der Waals surface area contributed by atoms with Gasteiger partial charge in [-0.2, -0.15) is 0 Å². The second-order valence-electron chi connectivity index (χ2n) is 22.3. The summed E-state index contributed by atoms with van der Waals surface area (Å²) in [6, 6.07) is 0. The van der Waals surface area contributed by atoms with Gasteiger partial charge in [-0.25, -0.2) is 0 Å². The van der Waals surface area contributed by atoms with Gasteiger partial charge in [-0.15, -0.1) is 0 Å². The molecule has 20 heteroatoms. The number of carbonyl (C=O) groups excluding carboxylic acids is 7. The molecule has 6 aliphatic rings. The summed E-state index contributed by atoms with van der Waals surface area (Å²) in [6.07, 6.45) is -4.96. The van der Waals surface area contributed by atoms with E-state index in [0.29, 0.717) is 44.9 Å². The lowest BCUT2D eigenvalue weighted by molar-refractivity contribution is -0.290. The molecule has 6 fully saturated rings. The Morgan fingerprint density at radius 3 is 1.77 bits per heavy atom. The molecule has 4 aliphatic carbocycles. The SMILES string of the molecule is CO[C@H]1[C@H](OC[C@@H]2O[C@@H](O[C@@H](CC[C@@H](C)[C@H]3C[C@@H](OC(C)=O)[C@@H]4[C@]3(C)CC[C@@H]3[C@@]5(C)CC[C@H](OC(C)=O)C[C@@H]5[C@@H](OC(C)=O)C[C@]34OC(C)=O)C(C)C)[C@H](OC(C)=O)[C@H]2OC(C)=O)OC[C@@H](OC)[C@@H]1OC(C)=O. The molecule has 0 aromatic carbocycles. The van der Waals surface area contributed by atoms with Crippen molar-refractivity contribution in [1.29, 1.82) is 0 Å². The van der Waals surface area contributed by atoms with Crippen LogP contribution in [0.15, 0.2) is 0 Å². The van der Waals surface area contributed by atoms with Crippen molar-refractivity contribution in [2.75, 3.05) is 27.4 Å². The minimum absolute atomic E-state index is 0.0145. The Hall–Kier alpha value is -3.95. The summed E-state index contributed by atoms with van der Waals surface area (Å²) in [5.41, 5.74) is -2.16. The highest BCUT2D eigenvalue weighted by molar-refractivity contribution is 5.69. The molecular formula is C53H82O20. The molecule has 414 valence electrons. The number of rotatable bonds is 19. The minimum atomic E-state index is -1.19. The van der Waals surface area contributed by atoms with Crippen LogP contribution in [0.2, 0.25) is 0 Å². The van der Waals surface area contributed by atoms with Gasteiger partial charge in [0.15, 0.2) is 30.9 Å². The molecule has 0 aromatic heterocycles. The van der Waals surface area contributed by atoms with Crippen LogP contribution in [-0.2, 0) is 95.1 Å². The van der Waals surface area contributed by atoms with Gasteiger partial charge in [-0.3, -0.25) is 33.6 Å². The summed E-state index contributed by atoms with van der Waals surface area (Å²) in [5.74, 6) is -4.49. The van der Waals surface area contributed by atoms with E-state index < -0.39 is 126 Å². The van der Waals surface area contributed by atoms with Crippen LogP contribution in [0, 0.1) is 46.3 Å². The van der Waals surface area contributed by atoms with Crippen LogP contribution in [-0.4, -0.2) is 148 Å². The van der Waals surface area contributed by atoms with E-state index in [4.69, 9.17) is 61.6 Å². The van der Waals surface area contributed by atoms with E-state index in [1.165, 1.54) is 62.7 Å². The lowest BCUT2D eigenvalue weighted by Gasteiger charge is -2.67. The van der Waals surface area contributed by atoms with Crippen molar-refractivity contribution >= 4 is 41.8 Å². The second kappa shape index (κ2) is 23.9. The molecule has 0 spiro atoms. The van der Waals surface area contributed by atoms with Gasteiger partial charge in [0.05, 0.1) is 19.3 Å². The fourth-order valence-corrected chi connectivity index (χ4v) is 14.5. The van der Waals surface area contributed by atoms with Crippen molar-refractivity contribution in [3.05, 3.63) is 0 Å². The quantitative estimate of drug-likeness (QED) is 0.111. The number of esters is 7. The predicted octanol–water partition coefficient (Wildman–Crippen LogP) is 5.73. The van der Waals surface area contributed by atoms with E-state index in [9.17, 15) is 33.6 Å². The van der Waals surface area contributed by atoms with Crippen molar-refractivity contribution in [2.24, 2.45) is 46.3 Å². The maximum Gasteiger partial charge on any atom is 0.303 e. The Kier molecular flexibility index (Phi) is 19.1. The third kappa shape index (κ3) is 12.7. The minimum Gasteiger partial charge on any atom is -0.463 e. The second-order valence-corrected chi connectivity index (χ2v) is 22.3. The van der Waals surface area contributed by atoms with Crippen molar-refractivity contribution in [3.8, 4) is 0 Å². The topological polar surface area (TPSA) is 239 Å². The molecule has 0 radical (unpaired) electrons. The summed E-state index contributed by atoms with van der Waals surface area (Å²) >= 11 is 0. The molecule has 20 atom stereocenters. The first-order valence-electron chi connectivity index (χ1n) is 26.1. The maximum atomic E-state index is 13.5. The molecule has 20 nitrogen and oxygen atoms in total. The predicted molar refractivity (Wildman–Crippen MR) is 254 cm³/mol. The first kappa shape index (κ1) is 58.3. The number of carbonyl (C=O) groups is 7. The fourth-order valence-electron chi connectivity index (χ4n) is 14.5. The number of fused-ring (bicyclic) bond motifs is 5. The molecule has 4 saturated carbocycles. The lowest BCUT2D eigenvalue weighted by Crippen LogP contribution is -2.70. The van der Waals surface area contributed by atoms with Crippen LogP contribution in [0.4, 0.5) is 0 Å². The van der Waals surface area contributed by atoms with Gasteiger partial charge in [0, 0.05) is 86.9 Å². The van der Waals surface area contributed by atoms with E-state index in [1.54, 1.807) is 0 Å². The largest absolute Gasteiger partial charge is 0.463 e. The Morgan fingerprint density at radius 2 is 1.19 bits per heavy atom. The molecule has 2 saturated heterocycles. The van der Waals surface area contributed by atoms with E-state index >= 15 is 0 Å². The summed E-state index contributed by atoms with van der Waals surface area (Å²) in [4.78, 5) is 88.9. The van der Waals surface area contributed by atoms with Crippen LogP contribution >= 0.6 is 0 Å². The highest BCUT2D eigenvalue weighted by atomic mass is 16.8. The maximum absolute atomic E-state index is 13.5. The Labute approximate surface area is 429 Å². The molecular weight excluding hydrogens is 957 g/mol. The van der Waals surface area contributed by atoms with Crippen LogP contribution in [0.25, 0.3) is 0 Å². The highest BCUT2D eigenvalue weighted by Gasteiger charge is 2.74. The third-order valence-corrected chi connectivity index (χ3v) is 17.1. The molecule has 0 N–H and O–H groups in total. The van der Waals surface area contributed by atoms with Gasteiger partial charge in [0.1, 0.15) is 42.2 Å². The van der Waals surface area contributed by atoms with Crippen LogP contribution in [0.5, 0.6) is 0 Å². The fraction of sp³-hybridized carbons (Fsp3) is 0.868. The molecule has 2 heterocycles. The molecule has 6 rings (SSSR count). The molecule has 0 bridgehead atoms. The number of ether oxygens (including phenoxy) is 13. The molecule has 0 unspecified atom stereocenters. The third-order valence-electron chi connectivity index (χ3n) is 17.1. The van der Waals surface area contributed by atoms with Crippen LogP contribution < -0.4 is 0 Å². The molecule has 0 amide bonds. The smallest absolute Gasteiger partial charge is 0.303 e. The van der Waals surface area contributed by atoms with Gasteiger partial charge in [-0.1, -0.05) is 34.6 Å². The van der Waals surface area contributed by atoms with E-state index in [2.05, 4.69) is 20.8 Å². The number of methoxy groups -OCH3 is 2. The van der Waals surface area contributed by atoms with Crippen LogP contribution in [0.3, 0.4) is 0 Å². The molecule has 73 heavy (non-hydrogen) atoms. The van der Waals surface area contributed by atoms with E-state index in [-0.39, 0.29) is 61.3 Å². The summed E-state index contributed by atoms with van der Waals surface area (Å²) in [7, 11) is 2.88. The standard InChI is InChI=1S/C53H82O20/c1-26(2)38(71-50-47(70-33(9)59)45(69-32(8)58)42(72-50)25-64-49-46(62-14)44(68-31(7)57)41(61-13)24-63-49)16-15-27(3)36-22-39(66-29(5)55)48-52(36,12)20-18-43-51(11)19-17-35(65-28(4)54)21-37(51)40(67-30(6)56)23-53(43,48)73-34(10)60/h26-27,35-50H,15-25H2,1-14H3/t27-,35+,36-,37-,38+,39-,40+,41-,42+,43-,44+,45+,46-,47-,48-,49+,50-,51+,52-,53+/m1/s1. The van der Waals surface area contributed by atoms with Gasteiger partial charge in [0.25, 0.3) is 0 Å².